The minimum absolute atomic E-state index is 0.0474. The zero-order chi connectivity index (χ0) is 24.2. The third-order valence-electron chi connectivity index (χ3n) is 6.80. The number of hydrogen-bond donors (Lipinski definition) is 0. The van der Waals surface area contributed by atoms with Gasteiger partial charge in [0.15, 0.2) is 5.82 Å². The lowest BCUT2D eigenvalue weighted by molar-refractivity contribution is -0.136. The van der Waals surface area contributed by atoms with E-state index in [1.54, 1.807) is 0 Å². The highest BCUT2D eigenvalue weighted by atomic mass is 35.5. The van der Waals surface area contributed by atoms with Gasteiger partial charge in [-0.1, -0.05) is 36.7 Å². The molecule has 0 unspecified atom stereocenters. The van der Waals surface area contributed by atoms with Crippen LogP contribution < -0.4 is 14.5 Å². The van der Waals surface area contributed by atoms with E-state index < -0.39 is 0 Å². The van der Waals surface area contributed by atoms with E-state index in [-0.39, 0.29) is 11.8 Å². The Hall–Kier alpha value is -3.06. The quantitative estimate of drug-likeness (QED) is 0.498. The maximum Gasteiger partial charge on any atom is 0.258 e. The predicted molar refractivity (Wildman–Crippen MR) is 141 cm³/mol. The summed E-state index contributed by atoms with van der Waals surface area (Å²) in [6, 6.07) is 15.8. The largest absolute Gasteiger partial charge is 0.475 e. The lowest BCUT2D eigenvalue weighted by Crippen LogP contribution is -2.52. The number of carbonyl (C=O) groups is 1. The Kier molecular flexibility index (Phi) is 7.23. The first kappa shape index (κ1) is 23.7. The van der Waals surface area contributed by atoms with Crippen molar-refractivity contribution in [1.29, 1.82) is 0 Å². The van der Waals surface area contributed by atoms with Crippen molar-refractivity contribution in [3.63, 3.8) is 0 Å². The summed E-state index contributed by atoms with van der Waals surface area (Å²) in [6.07, 6.45) is 2.74. The normalized spacial score (nSPS) is 18.7. The van der Waals surface area contributed by atoms with Crippen molar-refractivity contribution in [2.75, 3.05) is 55.7 Å². The molecule has 8 heteroatoms. The fourth-order valence-electron chi connectivity index (χ4n) is 4.96. The Morgan fingerprint density at radius 1 is 1.00 bits per heavy atom. The molecule has 3 aromatic rings. The Labute approximate surface area is 211 Å². The molecular formula is C27H32ClN5O2. The number of benzene rings is 2. The third kappa shape index (κ3) is 5.30. The van der Waals surface area contributed by atoms with Gasteiger partial charge in [-0.25, -0.2) is 9.97 Å². The summed E-state index contributed by atoms with van der Waals surface area (Å²) in [5.74, 6) is 1.51. The second kappa shape index (κ2) is 10.7. The van der Waals surface area contributed by atoms with Crippen LogP contribution in [0, 0.1) is 5.92 Å². The number of amides is 1. The lowest BCUT2D eigenvalue weighted by Gasteiger charge is -2.40. The molecule has 2 aliphatic rings. The summed E-state index contributed by atoms with van der Waals surface area (Å²) in [6.45, 7) is 7.24. The second-order valence-electron chi connectivity index (χ2n) is 9.27. The first-order valence-electron chi connectivity index (χ1n) is 12.6. The Bertz CT molecular complexity index is 1180. The van der Waals surface area contributed by atoms with Gasteiger partial charge < -0.3 is 19.4 Å². The van der Waals surface area contributed by atoms with Crippen LogP contribution in [0.25, 0.3) is 11.0 Å². The number of halogens is 1. The number of para-hydroxylation sites is 2. The standard InChI is InChI=1S/C27H32ClN5O2/c1-2-17-35-26-25(29-23-10-3-4-11-24(23)30-26)33-12-6-7-20(19-33)27(34)32-15-13-31(14-16-32)22-9-5-8-21(28)18-22/h3-5,8-11,18,20H,2,6-7,12-17,19H2,1H3/t20-/m0/s1. The van der Waals surface area contributed by atoms with Crippen molar-refractivity contribution in [3.8, 4) is 5.88 Å². The average molecular weight is 494 g/mol. The minimum Gasteiger partial charge on any atom is -0.475 e. The molecule has 0 aliphatic carbocycles. The van der Waals surface area contributed by atoms with E-state index in [1.165, 1.54) is 0 Å². The van der Waals surface area contributed by atoms with Crippen molar-refractivity contribution < 1.29 is 9.53 Å². The second-order valence-corrected chi connectivity index (χ2v) is 9.70. The Morgan fingerprint density at radius 2 is 1.77 bits per heavy atom. The molecule has 1 amide bonds. The van der Waals surface area contributed by atoms with Crippen LogP contribution in [0.1, 0.15) is 26.2 Å². The summed E-state index contributed by atoms with van der Waals surface area (Å²) in [7, 11) is 0. The highest BCUT2D eigenvalue weighted by Crippen LogP contribution is 2.31. The molecule has 1 aromatic heterocycles. The molecular weight excluding hydrogens is 462 g/mol. The number of rotatable bonds is 6. The summed E-state index contributed by atoms with van der Waals surface area (Å²) in [5.41, 5.74) is 2.78. The molecule has 7 nitrogen and oxygen atoms in total. The van der Waals surface area contributed by atoms with E-state index in [2.05, 4.69) is 22.8 Å². The molecule has 35 heavy (non-hydrogen) atoms. The molecule has 3 heterocycles. The highest BCUT2D eigenvalue weighted by molar-refractivity contribution is 6.30. The maximum atomic E-state index is 13.5. The molecule has 184 valence electrons. The van der Waals surface area contributed by atoms with Gasteiger partial charge in [0.2, 0.25) is 5.91 Å². The number of piperidine rings is 1. The van der Waals surface area contributed by atoms with Crippen LogP contribution in [0.2, 0.25) is 5.02 Å². The number of piperazine rings is 1. The summed E-state index contributed by atoms with van der Waals surface area (Å²) in [5, 5.41) is 0.738. The van der Waals surface area contributed by atoms with E-state index >= 15 is 0 Å². The average Bonchev–Trinajstić information content (AvgIpc) is 2.91. The monoisotopic (exact) mass is 493 g/mol. The smallest absolute Gasteiger partial charge is 0.258 e. The van der Waals surface area contributed by atoms with E-state index in [0.29, 0.717) is 19.0 Å². The van der Waals surface area contributed by atoms with Gasteiger partial charge in [-0.2, -0.15) is 0 Å². The molecule has 0 radical (unpaired) electrons. The summed E-state index contributed by atoms with van der Waals surface area (Å²) >= 11 is 6.17. The number of anilines is 2. The number of nitrogens with zero attached hydrogens (tertiary/aromatic N) is 5. The molecule has 0 bridgehead atoms. The van der Waals surface area contributed by atoms with Gasteiger partial charge in [-0.15, -0.1) is 0 Å². The van der Waals surface area contributed by atoms with E-state index in [9.17, 15) is 4.79 Å². The number of hydrogen-bond acceptors (Lipinski definition) is 6. The Morgan fingerprint density at radius 3 is 2.51 bits per heavy atom. The molecule has 2 aromatic carbocycles. The van der Waals surface area contributed by atoms with Gasteiger partial charge in [0, 0.05) is 50.0 Å². The van der Waals surface area contributed by atoms with Crippen molar-refractivity contribution >= 4 is 40.0 Å². The zero-order valence-electron chi connectivity index (χ0n) is 20.2. The molecule has 0 N–H and O–H groups in total. The van der Waals surface area contributed by atoms with Crippen LogP contribution in [-0.2, 0) is 4.79 Å². The van der Waals surface area contributed by atoms with Crippen LogP contribution in [-0.4, -0.2) is 66.7 Å². The minimum atomic E-state index is -0.0474. The van der Waals surface area contributed by atoms with Crippen molar-refractivity contribution in [1.82, 2.24) is 14.9 Å². The molecule has 2 aliphatic heterocycles. The number of ether oxygens (including phenoxy) is 1. The van der Waals surface area contributed by atoms with E-state index in [1.807, 2.05) is 47.4 Å². The van der Waals surface area contributed by atoms with Crippen molar-refractivity contribution in [2.45, 2.75) is 26.2 Å². The Balaban J connectivity index is 1.28. The van der Waals surface area contributed by atoms with Gasteiger partial charge in [-0.05, 0) is 49.6 Å². The number of aromatic nitrogens is 2. The van der Waals surface area contributed by atoms with Crippen molar-refractivity contribution in [3.05, 3.63) is 53.6 Å². The van der Waals surface area contributed by atoms with Crippen LogP contribution in [0.3, 0.4) is 0 Å². The first-order chi connectivity index (χ1) is 17.1. The topological polar surface area (TPSA) is 61.8 Å². The summed E-state index contributed by atoms with van der Waals surface area (Å²) < 4.78 is 6.00. The fraction of sp³-hybridized carbons (Fsp3) is 0.444. The highest BCUT2D eigenvalue weighted by Gasteiger charge is 2.33. The van der Waals surface area contributed by atoms with E-state index in [0.717, 1.165) is 79.5 Å². The molecule has 2 fully saturated rings. The van der Waals surface area contributed by atoms with Crippen LogP contribution in [0.15, 0.2) is 48.5 Å². The van der Waals surface area contributed by atoms with Gasteiger partial charge >= 0.3 is 0 Å². The number of carbonyl (C=O) groups excluding carboxylic acids is 1. The summed E-state index contributed by atoms with van der Waals surface area (Å²) in [4.78, 5) is 29.7. The predicted octanol–water partition coefficient (Wildman–Crippen LogP) is 4.64. The molecule has 5 rings (SSSR count). The lowest BCUT2D eigenvalue weighted by atomic mass is 9.96. The van der Waals surface area contributed by atoms with Gasteiger partial charge in [0.1, 0.15) is 0 Å². The first-order valence-corrected chi connectivity index (χ1v) is 12.9. The van der Waals surface area contributed by atoms with Crippen LogP contribution in [0.4, 0.5) is 11.5 Å². The van der Waals surface area contributed by atoms with E-state index in [4.69, 9.17) is 26.3 Å². The molecule has 2 saturated heterocycles. The zero-order valence-corrected chi connectivity index (χ0v) is 21.0. The fourth-order valence-corrected chi connectivity index (χ4v) is 5.15. The molecule has 0 saturated carbocycles. The maximum absolute atomic E-state index is 13.5. The van der Waals surface area contributed by atoms with Crippen molar-refractivity contribution in [2.24, 2.45) is 5.92 Å². The van der Waals surface area contributed by atoms with Gasteiger partial charge in [-0.3, -0.25) is 4.79 Å². The SMILES string of the molecule is CCCOc1nc2ccccc2nc1N1CCC[C@H](C(=O)N2CCN(c3cccc(Cl)c3)CC2)C1. The third-order valence-corrected chi connectivity index (χ3v) is 7.03. The van der Waals surface area contributed by atoms with Gasteiger partial charge in [0.05, 0.1) is 23.6 Å². The van der Waals surface area contributed by atoms with Crippen LogP contribution >= 0.6 is 11.6 Å². The van der Waals surface area contributed by atoms with Gasteiger partial charge in [0.25, 0.3) is 5.88 Å². The number of fused-ring (bicyclic) bond motifs is 1. The molecule has 0 spiro atoms. The molecule has 1 atom stereocenters. The van der Waals surface area contributed by atoms with Crippen LogP contribution in [0.5, 0.6) is 5.88 Å².